The Morgan fingerprint density at radius 2 is 2.03 bits per heavy atom. The molecule has 2 aromatic carbocycles. The SMILES string of the molecule is CCOc1cc(/C=N\NC(=O)c2cccs2)cc(I)c1OCc1ccc(Cl)cc1. The van der Waals surface area contributed by atoms with Crippen LogP contribution in [0.2, 0.25) is 5.02 Å². The van der Waals surface area contributed by atoms with Crippen LogP contribution in [-0.2, 0) is 6.61 Å². The van der Waals surface area contributed by atoms with E-state index in [0.717, 1.165) is 14.7 Å². The summed E-state index contributed by atoms with van der Waals surface area (Å²) in [5, 5.41) is 6.57. The number of benzene rings is 2. The van der Waals surface area contributed by atoms with Gasteiger partial charge in [-0.3, -0.25) is 4.79 Å². The number of rotatable bonds is 8. The standard InChI is InChI=1S/C21H18ClIN2O3S/c1-2-27-18-11-15(12-24-25-21(26)19-4-3-9-29-19)10-17(23)20(18)28-13-14-5-7-16(22)8-6-14/h3-12H,2,13H2,1H3,(H,25,26)/b24-12-. The fourth-order valence-corrected chi connectivity index (χ4v) is 3.95. The fraction of sp³-hybridized carbons (Fsp3) is 0.143. The number of thiophene rings is 1. The minimum atomic E-state index is -0.237. The third kappa shape index (κ3) is 6.19. The first-order chi connectivity index (χ1) is 14.1. The van der Waals surface area contributed by atoms with Crippen molar-refractivity contribution >= 4 is 57.7 Å². The van der Waals surface area contributed by atoms with Crippen LogP contribution in [0.3, 0.4) is 0 Å². The first-order valence-corrected chi connectivity index (χ1v) is 11.1. The van der Waals surface area contributed by atoms with Gasteiger partial charge in [0.1, 0.15) is 6.61 Å². The molecule has 5 nitrogen and oxygen atoms in total. The zero-order valence-corrected chi connectivity index (χ0v) is 19.3. The number of nitrogens with one attached hydrogen (secondary N) is 1. The van der Waals surface area contributed by atoms with Crippen LogP contribution in [0.1, 0.15) is 27.7 Å². The Labute approximate surface area is 191 Å². The molecule has 0 bridgehead atoms. The van der Waals surface area contributed by atoms with E-state index < -0.39 is 0 Å². The Morgan fingerprint density at radius 3 is 2.72 bits per heavy atom. The first kappa shape index (κ1) is 21.6. The Bertz CT molecular complexity index is 992. The van der Waals surface area contributed by atoms with Crippen molar-refractivity contribution in [3.05, 3.63) is 78.5 Å². The molecule has 0 aliphatic heterocycles. The van der Waals surface area contributed by atoms with Gasteiger partial charge in [-0.25, -0.2) is 5.43 Å². The number of ether oxygens (including phenoxy) is 2. The molecule has 0 fully saturated rings. The second-order valence-electron chi connectivity index (χ2n) is 5.85. The normalized spacial score (nSPS) is 10.9. The second-order valence-corrected chi connectivity index (χ2v) is 8.40. The highest BCUT2D eigenvalue weighted by molar-refractivity contribution is 14.1. The molecule has 0 radical (unpaired) electrons. The van der Waals surface area contributed by atoms with Gasteiger partial charge < -0.3 is 9.47 Å². The van der Waals surface area contributed by atoms with Crippen molar-refractivity contribution in [2.45, 2.75) is 13.5 Å². The van der Waals surface area contributed by atoms with Gasteiger partial charge in [-0.15, -0.1) is 11.3 Å². The minimum Gasteiger partial charge on any atom is -0.490 e. The summed E-state index contributed by atoms with van der Waals surface area (Å²) in [4.78, 5) is 12.6. The lowest BCUT2D eigenvalue weighted by atomic mass is 10.2. The van der Waals surface area contributed by atoms with Gasteiger partial charge in [-0.1, -0.05) is 29.8 Å². The summed E-state index contributed by atoms with van der Waals surface area (Å²) >= 11 is 9.49. The van der Waals surface area contributed by atoms with Crippen molar-refractivity contribution in [2.24, 2.45) is 5.10 Å². The maximum Gasteiger partial charge on any atom is 0.281 e. The molecular weight excluding hydrogens is 523 g/mol. The predicted molar refractivity (Wildman–Crippen MR) is 125 cm³/mol. The smallest absolute Gasteiger partial charge is 0.281 e. The van der Waals surface area contributed by atoms with E-state index in [2.05, 4.69) is 33.1 Å². The number of carbonyl (C=O) groups excluding carboxylic acids is 1. The fourth-order valence-electron chi connectivity index (χ4n) is 2.43. The van der Waals surface area contributed by atoms with E-state index in [1.807, 2.05) is 54.8 Å². The van der Waals surface area contributed by atoms with Crippen LogP contribution in [0.5, 0.6) is 11.5 Å². The van der Waals surface area contributed by atoms with Gasteiger partial charge in [0.05, 0.1) is 21.3 Å². The summed E-state index contributed by atoms with van der Waals surface area (Å²) in [5.41, 5.74) is 4.33. The zero-order valence-electron chi connectivity index (χ0n) is 15.5. The summed E-state index contributed by atoms with van der Waals surface area (Å²) in [5.74, 6) is 1.06. The average Bonchev–Trinajstić information content (AvgIpc) is 3.24. The molecular formula is C21H18ClIN2O3S. The summed E-state index contributed by atoms with van der Waals surface area (Å²) in [6.45, 7) is 2.82. The molecule has 1 N–H and O–H groups in total. The number of hydrogen-bond acceptors (Lipinski definition) is 5. The highest BCUT2D eigenvalue weighted by Crippen LogP contribution is 2.34. The molecule has 3 rings (SSSR count). The third-order valence-corrected chi connectivity index (χ3v) is 5.67. The molecule has 8 heteroatoms. The monoisotopic (exact) mass is 540 g/mol. The van der Waals surface area contributed by atoms with Crippen LogP contribution >= 0.6 is 45.5 Å². The highest BCUT2D eigenvalue weighted by atomic mass is 127. The van der Waals surface area contributed by atoms with E-state index in [9.17, 15) is 4.79 Å². The van der Waals surface area contributed by atoms with Crippen molar-refractivity contribution in [1.29, 1.82) is 0 Å². The maximum absolute atomic E-state index is 12.0. The van der Waals surface area contributed by atoms with Gasteiger partial charge in [0, 0.05) is 5.02 Å². The van der Waals surface area contributed by atoms with Gasteiger partial charge in [0.15, 0.2) is 11.5 Å². The van der Waals surface area contributed by atoms with E-state index in [-0.39, 0.29) is 5.91 Å². The van der Waals surface area contributed by atoms with E-state index >= 15 is 0 Å². The van der Waals surface area contributed by atoms with Gasteiger partial charge >= 0.3 is 0 Å². The molecule has 1 aromatic heterocycles. The molecule has 0 saturated heterocycles. The Hall–Kier alpha value is -2.10. The lowest BCUT2D eigenvalue weighted by Crippen LogP contribution is -2.16. The largest absolute Gasteiger partial charge is 0.490 e. The van der Waals surface area contributed by atoms with Crippen molar-refractivity contribution in [3.63, 3.8) is 0 Å². The molecule has 0 spiro atoms. The van der Waals surface area contributed by atoms with Crippen molar-refractivity contribution in [1.82, 2.24) is 5.43 Å². The molecule has 0 saturated carbocycles. The number of carbonyl (C=O) groups is 1. The first-order valence-electron chi connectivity index (χ1n) is 8.77. The van der Waals surface area contributed by atoms with E-state index in [0.29, 0.717) is 34.6 Å². The van der Waals surface area contributed by atoms with Crippen LogP contribution in [-0.4, -0.2) is 18.7 Å². The number of halogens is 2. The van der Waals surface area contributed by atoms with Crippen LogP contribution < -0.4 is 14.9 Å². The predicted octanol–water partition coefficient (Wildman–Crippen LogP) is 5.75. The Kier molecular flexibility index (Phi) is 7.91. The molecule has 29 heavy (non-hydrogen) atoms. The van der Waals surface area contributed by atoms with Gasteiger partial charge in [-0.05, 0) is 76.4 Å². The lowest BCUT2D eigenvalue weighted by Gasteiger charge is -2.14. The van der Waals surface area contributed by atoms with Crippen LogP contribution in [0, 0.1) is 3.57 Å². The molecule has 0 aliphatic rings. The van der Waals surface area contributed by atoms with Crippen LogP contribution in [0.4, 0.5) is 0 Å². The molecule has 150 valence electrons. The van der Waals surface area contributed by atoms with Crippen LogP contribution in [0.25, 0.3) is 0 Å². The maximum atomic E-state index is 12.0. The molecule has 1 amide bonds. The third-order valence-electron chi connectivity index (χ3n) is 3.75. The molecule has 0 aliphatic carbocycles. The van der Waals surface area contributed by atoms with Gasteiger partial charge in [0.2, 0.25) is 0 Å². The Balaban J connectivity index is 1.72. The minimum absolute atomic E-state index is 0.237. The summed E-state index contributed by atoms with van der Waals surface area (Å²) in [7, 11) is 0. The number of nitrogens with zero attached hydrogens (tertiary/aromatic N) is 1. The van der Waals surface area contributed by atoms with Crippen molar-refractivity contribution < 1.29 is 14.3 Å². The molecule has 3 aromatic rings. The number of hydrazone groups is 1. The summed E-state index contributed by atoms with van der Waals surface area (Å²) in [6, 6.07) is 14.8. The molecule has 0 unspecified atom stereocenters. The second kappa shape index (κ2) is 10.6. The van der Waals surface area contributed by atoms with Crippen molar-refractivity contribution in [2.75, 3.05) is 6.61 Å². The number of amides is 1. The summed E-state index contributed by atoms with van der Waals surface area (Å²) in [6.07, 6.45) is 1.58. The van der Waals surface area contributed by atoms with Gasteiger partial charge in [0.25, 0.3) is 5.91 Å². The van der Waals surface area contributed by atoms with Crippen molar-refractivity contribution in [3.8, 4) is 11.5 Å². The zero-order chi connectivity index (χ0) is 20.6. The Morgan fingerprint density at radius 1 is 1.24 bits per heavy atom. The number of hydrogen-bond donors (Lipinski definition) is 1. The molecule has 1 heterocycles. The van der Waals surface area contributed by atoms with Crippen LogP contribution in [0.15, 0.2) is 59.0 Å². The lowest BCUT2D eigenvalue weighted by molar-refractivity contribution is 0.0959. The topological polar surface area (TPSA) is 59.9 Å². The van der Waals surface area contributed by atoms with E-state index in [1.54, 1.807) is 12.3 Å². The summed E-state index contributed by atoms with van der Waals surface area (Å²) < 4.78 is 12.6. The highest BCUT2D eigenvalue weighted by Gasteiger charge is 2.12. The van der Waals surface area contributed by atoms with Gasteiger partial charge in [-0.2, -0.15) is 5.10 Å². The molecule has 0 atom stereocenters. The van der Waals surface area contributed by atoms with E-state index in [4.69, 9.17) is 21.1 Å². The van der Waals surface area contributed by atoms with E-state index in [1.165, 1.54) is 11.3 Å². The average molecular weight is 541 g/mol. The quantitative estimate of drug-likeness (QED) is 0.225.